The summed E-state index contributed by atoms with van der Waals surface area (Å²) in [5, 5.41) is 4.34. The molecule has 0 fully saturated rings. The third kappa shape index (κ3) is 5.14. The van der Waals surface area contributed by atoms with Crippen LogP contribution in [0.25, 0.3) is 43.6 Å². The molecule has 254 valence electrons. The van der Waals surface area contributed by atoms with Gasteiger partial charge in [0.1, 0.15) is 23.3 Å². The van der Waals surface area contributed by atoms with E-state index in [9.17, 15) is 17.6 Å². The molecule has 4 nitrogen and oxygen atoms in total. The highest BCUT2D eigenvalue weighted by molar-refractivity contribution is 6.18. The van der Waals surface area contributed by atoms with Crippen LogP contribution < -0.4 is 9.80 Å². The summed E-state index contributed by atoms with van der Waals surface area (Å²) in [7, 11) is 4.10. The van der Waals surface area contributed by atoms with E-state index >= 15 is 0 Å². The van der Waals surface area contributed by atoms with Crippen molar-refractivity contribution >= 4 is 77.7 Å². The number of benzene rings is 7. The Morgan fingerprint density at radius 1 is 0.308 bits per heavy atom. The van der Waals surface area contributed by atoms with Gasteiger partial charge in [0.05, 0.1) is 11.0 Å². The Morgan fingerprint density at radius 3 is 0.846 bits per heavy atom. The lowest BCUT2D eigenvalue weighted by Gasteiger charge is -2.25. The highest BCUT2D eigenvalue weighted by Gasteiger charge is 2.20. The second kappa shape index (κ2) is 12.1. The van der Waals surface area contributed by atoms with E-state index in [0.717, 1.165) is 77.7 Å². The molecule has 8 heteroatoms. The van der Waals surface area contributed by atoms with Crippen molar-refractivity contribution in [1.29, 1.82) is 0 Å². The smallest absolute Gasteiger partial charge is 0.123 e. The van der Waals surface area contributed by atoms with Gasteiger partial charge < -0.3 is 18.9 Å². The molecule has 0 aliphatic heterocycles. The van der Waals surface area contributed by atoms with Crippen molar-refractivity contribution in [3.8, 4) is 0 Å². The summed E-state index contributed by atoms with van der Waals surface area (Å²) >= 11 is 0. The van der Waals surface area contributed by atoms with Crippen molar-refractivity contribution in [2.75, 3.05) is 9.80 Å². The van der Waals surface area contributed by atoms with Gasteiger partial charge in [0, 0.05) is 80.8 Å². The molecule has 0 bridgehead atoms. The lowest BCUT2D eigenvalue weighted by Crippen LogP contribution is -2.10. The van der Waals surface area contributed by atoms with E-state index in [1.165, 1.54) is 48.5 Å². The van der Waals surface area contributed by atoms with Crippen LogP contribution in [0.1, 0.15) is 0 Å². The van der Waals surface area contributed by atoms with E-state index in [2.05, 4.69) is 45.5 Å². The maximum atomic E-state index is 13.9. The van der Waals surface area contributed by atoms with Gasteiger partial charge >= 0.3 is 0 Å². The average molecular weight is 691 g/mol. The lowest BCUT2D eigenvalue weighted by molar-refractivity contribution is 0.627. The molecule has 9 rings (SSSR count). The van der Waals surface area contributed by atoms with Crippen LogP contribution in [-0.2, 0) is 14.1 Å². The largest absolute Gasteiger partial charge is 0.344 e. The Hall–Kier alpha value is -6.54. The minimum atomic E-state index is -0.333. The van der Waals surface area contributed by atoms with Crippen LogP contribution >= 0.6 is 0 Å². The normalized spacial score (nSPS) is 11.7. The van der Waals surface area contributed by atoms with Crippen LogP contribution in [0.2, 0.25) is 0 Å². The molecule has 0 atom stereocenters. The lowest BCUT2D eigenvalue weighted by atomic mass is 10.1. The fourth-order valence-electron chi connectivity index (χ4n) is 7.41. The molecule has 0 unspecified atom stereocenters. The van der Waals surface area contributed by atoms with Crippen molar-refractivity contribution in [3.63, 3.8) is 0 Å². The number of aromatic nitrogens is 2. The third-order valence-electron chi connectivity index (χ3n) is 9.96. The Labute approximate surface area is 296 Å². The zero-order valence-corrected chi connectivity index (χ0v) is 28.2. The number of halogens is 4. The molecule has 2 aromatic heterocycles. The van der Waals surface area contributed by atoms with Crippen LogP contribution in [-0.4, -0.2) is 9.13 Å². The van der Waals surface area contributed by atoms with Crippen molar-refractivity contribution in [2.45, 2.75) is 0 Å². The molecule has 0 aliphatic rings. The summed E-state index contributed by atoms with van der Waals surface area (Å²) in [6.45, 7) is 0. The second-order valence-electron chi connectivity index (χ2n) is 13.0. The number of fused-ring (bicyclic) bond motifs is 6. The molecule has 7 aromatic carbocycles. The molecule has 0 saturated heterocycles. The molecule has 0 radical (unpaired) electrons. The molecule has 0 aliphatic carbocycles. The van der Waals surface area contributed by atoms with Gasteiger partial charge in [-0.1, -0.05) is 12.1 Å². The van der Waals surface area contributed by atoms with Gasteiger partial charge in [-0.15, -0.1) is 0 Å². The fraction of sp³-hybridized carbons (Fsp3) is 0.0455. The Bertz CT molecular complexity index is 2500. The highest BCUT2D eigenvalue weighted by atomic mass is 19.1. The van der Waals surface area contributed by atoms with Crippen molar-refractivity contribution < 1.29 is 17.6 Å². The fourth-order valence-corrected chi connectivity index (χ4v) is 7.41. The van der Waals surface area contributed by atoms with Crippen LogP contribution in [0, 0.1) is 23.3 Å². The first-order chi connectivity index (χ1) is 25.2. The van der Waals surface area contributed by atoms with E-state index in [-0.39, 0.29) is 23.3 Å². The van der Waals surface area contributed by atoms with Crippen LogP contribution in [0.5, 0.6) is 0 Å². The predicted octanol–water partition coefficient (Wildman–Crippen LogP) is 12.5. The van der Waals surface area contributed by atoms with Gasteiger partial charge in [-0.25, -0.2) is 17.6 Å². The summed E-state index contributed by atoms with van der Waals surface area (Å²) < 4.78 is 60.1. The first kappa shape index (κ1) is 31.4. The summed E-state index contributed by atoms with van der Waals surface area (Å²) in [5.74, 6) is -1.33. The SMILES string of the molecule is Cn1c2cc(N(c3ccc(F)cc3)c3ccc(F)cc3)ccc2c2cc3c(cc21)c1ccc(N(c2ccc(F)cc2)c2ccc(F)cc2)cc1n3C. The van der Waals surface area contributed by atoms with Gasteiger partial charge in [0.25, 0.3) is 0 Å². The molecule has 0 spiro atoms. The second-order valence-corrected chi connectivity index (χ2v) is 13.0. The first-order valence-corrected chi connectivity index (χ1v) is 16.8. The number of anilines is 6. The molecule has 9 aromatic rings. The first-order valence-electron chi connectivity index (χ1n) is 16.8. The molecule has 0 saturated carbocycles. The standard InChI is InChI=1S/C44H30F4N4/c1-49-41-23-35(51(31-11-3-27(45)4-12-31)32-13-5-28(46)6-14-32)19-21-37(41)39-26-44-40(25-43(39)49)38-22-20-36(24-42(38)50(44)2)52(33-15-7-29(47)8-16-33)34-17-9-30(48)10-18-34/h3-26H,1-2H3. The Balaban J connectivity index is 1.19. The minimum Gasteiger partial charge on any atom is -0.344 e. The summed E-state index contributed by atoms with van der Waals surface area (Å²) in [6, 6.07) is 42.0. The Morgan fingerprint density at radius 2 is 0.558 bits per heavy atom. The van der Waals surface area contributed by atoms with E-state index in [1.54, 1.807) is 48.5 Å². The summed E-state index contributed by atoms with van der Waals surface area (Å²) in [4.78, 5) is 3.97. The van der Waals surface area contributed by atoms with Gasteiger partial charge in [-0.3, -0.25) is 0 Å². The topological polar surface area (TPSA) is 16.3 Å². The van der Waals surface area contributed by atoms with Crippen LogP contribution in [0.3, 0.4) is 0 Å². The maximum Gasteiger partial charge on any atom is 0.123 e. The monoisotopic (exact) mass is 690 g/mol. The number of hydrogen-bond acceptors (Lipinski definition) is 2. The molecule has 2 heterocycles. The number of nitrogens with zero attached hydrogens (tertiary/aromatic N) is 4. The van der Waals surface area contributed by atoms with Gasteiger partial charge in [0.15, 0.2) is 0 Å². The predicted molar refractivity (Wildman–Crippen MR) is 204 cm³/mol. The van der Waals surface area contributed by atoms with Crippen LogP contribution in [0.15, 0.2) is 146 Å². The summed E-state index contributed by atoms with van der Waals surface area (Å²) in [5.41, 5.74) is 8.85. The molecule has 52 heavy (non-hydrogen) atoms. The number of aryl methyl sites for hydroxylation is 2. The maximum absolute atomic E-state index is 13.9. The molecular formula is C44H30F4N4. The number of rotatable bonds is 6. The van der Waals surface area contributed by atoms with Gasteiger partial charge in [0.2, 0.25) is 0 Å². The molecule has 0 amide bonds. The average Bonchev–Trinajstić information content (AvgIpc) is 3.59. The zero-order chi connectivity index (χ0) is 35.7. The zero-order valence-electron chi connectivity index (χ0n) is 28.2. The van der Waals surface area contributed by atoms with Crippen molar-refractivity contribution in [3.05, 3.63) is 169 Å². The number of hydrogen-bond donors (Lipinski definition) is 0. The third-order valence-corrected chi connectivity index (χ3v) is 9.96. The molecule has 0 N–H and O–H groups in total. The van der Waals surface area contributed by atoms with Gasteiger partial charge in [-0.05, 0) is 133 Å². The summed E-state index contributed by atoms with van der Waals surface area (Å²) in [6.07, 6.45) is 0. The van der Waals surface area contributed by atoms with Crippen molar-refractivity contribution in [1.82, 2.24) is 9.13 Å². The van der Waals surface area contributed by atoms with E-state index < -0.39 is 0 Å². The van der Waals surface area contributed by atoms with E-state index in [4.69, 9.17) is 0 Å². The van der Waals surface area contributed by atoms with E-state index in [1.807, 2.05) is 36.0 Å². The van der Waals surface area contributed by atoms with Crippen LogP contribution in [0.4, 0.5) is 51.7 Å². The quantitative estimate of drug-likeness (QED) is 0.162. The van der Waals surface area contributed by atoms with E-state index in [0.29, 0.717) is 0 Å². The minimum absolute atomic E-state index is 0.333. The Kier molecular flexibility index (Phi) is 7.29. The highest BCUT2D eigenvalue weighted by Crippen LogP contribution is 2.42. The van der Waals surface area contributed by atoms with Crippen molar-refractivity contribution in [2.24, 2.45) is 14.1 Å². The van der Waals surface area contributed by atoms with Gasteiger partial charge in [-0.2, -0.15) is 0 Å². The molecular weight excluding hydrogens is 661 g/mol.